The molecular formula is C7H11ClN2O2. The molecule has 0 bridgehead atoms. The van der Waals surface area contributed by atoms with Gasteiger partial charge in [-0.2, -0.15) is 0 Å². The Morgan fingerprint density at radius 3 is 2.83 bits per heavy atom. The molecule has 0 aromatic carbocycles. The van der Waals surface area contributed by atoms with E-state index in [4.69, 9.17) is 11.6 Å². The van der Waals surface area contributed by atoms with E-state index in [1.807, 2.05) is 0 Å². The van der Waals surface area contributed by atoms with E-state index in [-0.39, 0.29) is 12.6 Å². The van der Waals surface area contributed by atoms with Gasteiger partial charge in [-0.15, -0.1) is 0 Å². The van der Waals surface area contributed by atoms with Crippen LogP contribution < -0.4 is 0 Å². The minimum Gasteiger partial charge on any atom is -0.328 e. The second-order valence-electron chi connectivity index (χ2n) is 2.83. The molecule has 1 aliphatic heterocycles. The minimum absolute atomic E-state index is 0.0186. The lowest BCUT2D eigenvalue weighted by Crippen LogP contribution is -2.48. The fourth-order valence-corrected chi connectivity index (χ4v) is 1.37. The first kappa shape index (κ1) is 9.32. The minimum atomic E-state index is -0.487. The summed E-state index contributed by atoms with van der Waals surface area (Å²) in [6, 6.07) is -0.116. The number of carbonyl (C=O) groups is 2. The average Bonchev–Trinajstić information content (AvgIpc) is 1.98. The van der Waals surface area contributed by atoms with Crippen LogP contribution in [0.15, 0.2) is 0 Å². The summed E-state index contributed by atoms with van der Waals surface area (Å²) in [5.41, 5.74) is 0. The van der Waals surface area contributed by atoms with E-state index in [1.54, 1.807) is 11.9 Å². The molecule has 1 heterocycles. The zero-order valence-electron chi connectivity index (χ0n) is 6.92. The van der Waals surface area contributed by atoms with E-state index in [2.05, 4.69) is 0 Å². The molecule has 1 saturated heterocycles. The number of hydrogen-bond acceptors (Lipinski definition) is 2. The van der Waals surface area contributed by atoms with E-state index in [1.165, 1.54) is 4.90 Å². The van der Waals surface area contributed by atoms with Gasteiger partial charge in [0.05, 0.1) is 6.54 Å². The number of rotatable bonds is 2. The van der Waals surface area contributed by atoms with Crippen molar-refractivity contribution in [3.63, 3.8) is 0 Å². The quantitative estimate of drug-likeness (QED) is 0.596. The predicted octanol–water partition coefficient (Wildman–Crippen LogP) is 0.509. The molecule has 0 atom stereocenters. The van der Waals surface area contributed by atoms with Gasteiger partial charge in [-0.05, 0) is 18.0 Å². The van der Waals surface area contributed by atoms with Crippen LogP contribution in [0.4, 0.5) is 4.79 Å². The Balaban J connectivity index is 2.52. The van der Waals surface area contributed by atoms with Gasteiger partial charge < -0.3 is 9.80 Å². The first-order valence-electron chi connectivity index (χ1n) is 3.79. The third kappa shape index (κ3) is 2.11. The van der Waals surface area contributed by atoms with Crippen molar-refractivity contribution in [1.82, 2.24) is 9.80 Å². The molecule has 0 spiro atoms. The van der Waals surface area contributed by atoms with Crippen LogP contribution >= 0.6 is 11.6 Å². The van der Waals surface area contributed by atoms with Crippen LogP contribution in [0, 0.1) is 0 Å². The fraction of sp³-hybridized carbons (Fsp3) is 0.714. The lowest BCUT2D eigenvalue weighted by Gasteiger charge is -2.32. The SMILES string of the molecule is CN1CCCN(CC(=O)Cl)C1=O. The number of carbonyl (C=O) groups excluding carboxylic acids is 2. The van der Waals surface area contributed by atoms with Gasteiger partial charge in [0.2, 0.25) is 5.24 Å². The van der Waals surface area contributed by atoms with Crippen molar-refractivity contribution in [1.29, 1.82) is 0 Å². The fourth-order valence-electron chi connectivity index (χ4n) is 1.23. The van der Waals surface area contributed by atoms with E-state index in [9.17, 15) is 9.59 Å². The lowest BCUT2D eigenvalue weighted by atomic mass is 10.3. The van der Waals surface area contributed by atoms with Crippen LogP contribution in [0.1, 0.15) is 6.42 Å². The Labute approximate surface area is 76.1 Å². The summed E-state index contributed by atoms with van der Waals surface area (Å²) in [5.74, 6) is 0. The Morgan fingerprint density at radius 1 is 1.58 bits per heavy atom. The molecule has 0 unspecified atom stereocenters. The summed E-state index contributed by atoms with van der Waals surface area (Å²) in [6.45, 7) is 1.40. The number of halogens is 1. The maximum atomic E-state index is 11.3. The van der Waals surface area contributed by atoms with Gasteiger partial charge in [0.25, 0.3) is 0 Å². The Kier molecular flexibility index (Phi) is 2.92. The molecule has 4 nitrogen and oxygen atoms in total. The average molecular weight is 191 g/mol. The zero-order valence-corrected chi connectivity index (χ0v) is 7.67. The second kappa shape index (κ2) is 3.76. The van der Waals surface area contributed by atoms with Crippen molar-refractivity contribution in [2.75, 3.05) is 26.7 Å². The Hall–Kier alpha value is -0.770. The van der Waals surface area contributed by atoms with E-state index in [0.29, 0.717) is 6.54 Å². The second-order valence-corrected chi connectivity index (χ2v) is 3.26. The van der Waals surface area contributed by atoms with Crippen molar-refractivity contribution < 1.29 is 9.59 Å². The largest absolute Gasteiger partial charge is 0.328 e. The first-order valence-corrected chi connectivity index (χ1v) is 4.17. The monoisotopic (exact) mass is 190 g/mol. The van der Waals surface area contributed by atoms with Crippen LogP contribution in [0.2, 0.25) is 0 Å². The topological polar surface area (TPSA) is 40.6 Å². The van der Waals surface area contributed by atoms with Gasteiger partial charge in [0, 0.05) is 20.1 Å². The summed E-state index contributed by atoms with van der Waals surface area (Å²) in [6.07, 6.45) is 0.895. The van der Waals surface area contributed by atoms with Gasteiger partial charge in [0.15, 0.2) is 0 Å². The molecule has 0 N–H and O–H groups in total. The normalized spacial score (nSPS) is 18.3. The highest BCUT2D eigenvalue weighted by molar-refractivity contribution is 6.64. The molecule has 68 valence electrons. The summed E-state index contributed by atoms with van der Waals surface area (Å²) in [5, 5.41) is -0.487. The molecule has 5 heteroatoms. The maximum Gasteiger partial charge on any atom is 0.320 e. The van der Waals surface area contributed by atoms with E-state index in [0.717, 1.165) is 13.0 Å². The molecule has 0 aromatic rings. The third-order valence-corrected chi connectivity index (χ3v) is 1.95. The van der Waals surface area contributed by atoms with Gasteiger partial charge in [-0.25, -0.2) is 4.79 Å². The highest BCUT2D eigenvalue weighted by Crippen LogP contribution is 2.06. The maximum absolute atomic E-state index is 11.3. The van der Waals surface area contributed by atoms with Crippen LogP contribution in [0.3, 0.4) is 0 Å². The molecule has 2 amide bonds. The smallest absolute Gasteiger partial charge is 0.320 e. The Morgan fingerprint density at radius 2 is 2.25 bits per heavy atom. The van der Waals surface area contributed by atoms with Crippen molar-refractivity contribution in [3.05, 3.63) is 0 Å². The number of nitrogens with zero attached hydrogens (tertiary/aromatic N) is 2. The molecule has 0 radical (unpaired) electrons. The zero-order chi connectivity index (χ0) is 9.14. The van der Waals surface area contributed by atoms with Crippen molar-refractivity contribution in [2.24, 2.45) is 0 Å². The van der Waals surface area contributed by atoms with Gasteiger partial charge in [-0.1, -0.05) is 0 Å². The third-order valence-electron chi connectivity index (χ3n) is 1.83. The Bertz CT molecular complexity index is 208. The van der Waals surface area contributed by atoms with Crippen LogP contribution in [0.25, 0.3) is 0 Å². The van der Waals surface area contributed by atoms with Gasteiger partial charge in [0.1, 0.15) is 0 Å². The van der Waals surface area contributed by atoms with E-state index < -0.39 is 5.24 Å². The van der Waals surface area contributed by atoms with Crippen molar-refractivity contribution in [2.45, 2.75) is 6.42 Å². The molecule has 12 heavy (non-hydrogen) atoms. The highest BCUT2D eigenvalue weighted by Gasteiger charge is 2.23. The molecular weight excluding hydrogens is 180 g/mol. The first-order chi connectivity index (χ1) is 5.61. The molecule has 0 saturated carbocycles. The van der Waals surface area contributed by atoms with Gasteiger partial charge >= 0.3 is 6.03 Å². The molecule has 0 aliphatic carbocycles. The number of hydrogen-bond donors (Lipinski definition) is 0. The summed E-state index contributed by atoms with van der Waals surface area (Å²) < 4.78 is 0. The number of urea groups is 1. The standard InChI is InChI=1S/C7H11ClN2O2/c1-9-3-2-4-10(7(9)12)5-6(8)11/h2-5H2,1H3. The molecule has 1 rings (SSSR count). The molecule has 1 aliphatic rings. The summed E-state index contributed by atoms with van der Waals surface area (Å²) in [7, 11) is 1.72. The molecule has 1 fully saturated rings. The van der Waals surface area contributed by atoms with Crippen LogP contribution in [-0.4, -0.2) is 47.8 Å². The number of amides is 2. The van der Waals surface area contributed by atoms with Crippen molar-refractivity contribution in [3.8, 4) is 0 Å². The highest BCUT2D eigenvalue weighted by atomic mass is 35.5. The van der Waals surface area contributed by atoms with Crippen LogP contribution in [-0.2, 0) is 4.79 Å². The summed E-state index contributed by atoms with van der Waals surface area (Å²) >= 11 is 5.17. The van der Waals surface area contributed by atoms with Crippen LogP contribution in [0.5, 0.6) is 0 Å². The van der Waals surface area contributed by atoms with Crippen molar-refractivity contribution >= 4 is 22.9 Å². The lowest BCUT2D eigenvalue weighted by molar-refractivity contribution is -0.112. The molecule has 0 aromatic heterocycles. The van der Waals surface area contributed by atoms with Gasteiger partial charge in [-0.3, -0.25) is 4.79 Å². The summed E-state index contributed by atoms with van der Waals surface area (Å²) in [4.78, 5) is 24.9. The van der Waals surface area contributed by atoms with E-state index >= 15 is 0 Å². The predicted molar refractivity (Wildman–Crippen MR) is 45.1 cm³/mol.